The number of nitro groups is 1. The molecule has 4 rings (SSSR count). The molecule has 0 bridgehead atoms. The number of carbonyl (C=O) groups excluding carboxylic acids is 1. The number of carbonyl (C=O) groups is 1. The van der Waals surface area contributed by atoms with Gasteiger partial charge in [0, 0.05) is 18.1 Å². The van der Waals surface area contributed by atoms with Gasteiger partial charge in [-0.25, -0.2) is 9.97 Å². The average Bonchev–Trinajstić information content (AvgIpc) is 2.92. The van der Waals surface area contributed by atoms with Gasteiger partial charge in [-0.05, 0) is 29.3 Å². The number of rotatable bonds is 11. The molecule has 0 fully saturated rings. The maximum atomic E-state index is 12.4. The average molecular weight is 553 g/mol. The van der Waals surface area contributed by atoms with E-state index in [0.717, 1.165) is 11.1 Å². The van der Waals surface area contributed by atoms with Crippen LogP contribution in [-0.4, -0.2) is 27.4 Å². The molecule has 0 aliphatic carbocycles. The molecule has 0 saturated heterocycles. The van der Waals surface area contributed by atoms with Gasteiger partial charge in [0.15, 0.2) is 6.61 Å². The van der Waals surface area contributed by atoms with Gasteiger partial charge in [-0.15, -0.1) is 0 Å². The van der Waals surface area contributed by atoms with Crippen LogP contribution >= 0.6 is 23.2 Å². The zero-order valence-corrected chi connectivity index (χ0v) is 21.4. The van der Waals surface area contributed by atoms with Crippen LogP contribution in [0.5, 0.6) is 5.75 Å². The standard InChI is InChI=1S/C26H22Cl2N6O4/c27-20-11-12-22(21(28)13-20)38-16-23(35)31-32-25-24(34(36)37)26(30-17-29-25)33(14-18-7-3-1-4-8-18)15-19-9-5-2-6-10-19/h1-13,17H,14-16H2,(H,31,35)(H,29,30,32). The molecule has 1 amide bonds. The molecule has 194 valence electrons. The van der Waals surface area contributed by atoms with Crippen LogP contribution in [-0.2, 0) is 17.9 Å². The zero-order valence-electron chi connectivity index (χ0n) is 19.9. The van der Waals surface area contributed by atoms with Crippen molar-refractivity contribution in [3.63, 3.8) is 0 Å². The summed E-state index contributed by atoms with van der Waals surface area (Å²) in [5.41, 5.74) is 6.38. The molecule has 0 aliphatic rings. The van der Waals surface area contributed by atoms with Crippen molar-refractivity contribution in [2.45, 2.75) is 13.1 Å². The second kappa shape index (κ2) is 12.7. The second-order valence-corrected chi connectivity index (χ2v) is 8.86. The van der Waals surface area contributed by atoms with E-state index in [1.165, 1.54) is 18.5 Å². The Morgan fingerprint density at radius 2 is 1.58 bits per heavy atom. The molecular formula is C26H22Cl2N6O4. The second-order valence-electron chi connectivity index (χ2n) is 8.02. The van der Waals surface area contributed by atoms with E-state index in [9.17, 15) is 14.9 Å². The number of hydrazine groups is 1. The zero-order chi connectivity index (χ0) is 26.9. The minimum absolute atomic E-state index is 0.0960. The van der Waals surface area contributed by atoms with Crippen molar-refractivity contribution in [2.75, 3.05) is 16.9 Å². The van der Waals surface area contributed by atoms with Crippen LogP contribution in [0.1, 0.15) is 11.1 Å². The summed E-state index contributed by atoms with van der Waals surface area (Å²) >= 11 is 11.9. The minimum Gasteiger partial charge on any atom is -0.482 e. The Kier molecular flexibility index (Phi) is 8.91. The third-order valence-corrected chi connectivity index (χ3v) is 5.82. The van der Waals surface area contributed by atoms with E-state index in [0.29, 0.717) is 18.1 Å². The van der Waals surface area contributed by atoms with Gasteiger partial charge in [-0.3, -0.25) is 25.8 Å². The van der Waals surface area contributed by atoms with Crippen molar-refractivity contribution in [2.24, 2.45) is 0 Å². The Hall–Kier alpha value is -4.41. The molecule has 0 aliphatic heterocycles. The van der Waals surface area contributed by atoms with E-state index in [1.807, 2.05) is 60.7 Å². The highest BCUT2D eigenvalue weighted by Crippen LogP contribution is 2.33. The summed E-state index contributed by atoms with van der Waals surface area (Å²) in [6.45, 7) is 0.304. The summed E-state index contributed by atoms with van der Waals surface area (Å²) in [5.74, 6) is -0.433. The van der Waals surface area contributed by atoms with Crippen molar-refractivity contribution in [1.82, 2.24) is 15.4 Å². The van der Waals surface area contributed by atoms with E-state index in [4.69, 9.17) is 27.9 Å². The number of amides is 1. The fourth-order valence-electron chi connectivity index (χ4n) is 3.57. The number of nitrogens with one attached hydrogen (secondary N) is 2. The Balaban J connectivity index is 1.54. The van der Waals surface area contributed by atoms with Crippen LogP contribution in [0.3, 0.4) is 0 Å². The van der Waals surface area contributed by atoms with E-state index in [1.54, 1.807) is 11.0 Å². The first-order chi connectivity index (χ1) is 18.4. The lowest BCUT2D eigenvalue weighted by molar-refractivity contribution is -0.383. The van der Waals surface area contributed by atoms with Gasteiger partial charge in [0.2, 0.25) is 11.6 Å². The Morgan fingerprint density at radius 3 is 2.16 bits per heavy atom. The molecule has 2 N–H and O–H groups in total. The molecule has 3 aromatic carbocycles. The molecule has 0 radical (unpaired) electrons. The highest BCUT2D eigenvalue weighted by molar-refractivity contribution is 6.35. The monoisotopic (exact) mass is 552 g/mol. The van der Waals surface area contributed by atoms with Crippen molar-refractivity contribution in [3.05, 3.63) is 116 Å². The normalized spacial score (nSPS) is 10.5. The van der Waals surface area contributed by atoms with Crippen LogP contribution < -0.4 is 20.5 Å². The first-order valence-corrected chi connectivity index (χ1v) is 12.1. The van der Waals surface area contributed by atoms with Crippen LogP contribution in [0.25, 0.3) is 0 Å². The van der Waals surface area contributed by atoms with Crippen molar-refractivity contribution >= 4 is 46.4 Å². The molecule has 1 heterocycles. The fourth-order valence-corrected chi connectivity index (χ4v) is 4.04. The van der Waals surface area contributed by atoms with Gasteiger partial charge in [-0.2, -0.15) is 0 Å². The van der Waals surface area contributed by atoms with E-state index < -0.39 is 17.4 Å². The Bertz CT molecular complexity index is 1370. The van der Waals surface area contributed by atoms with E-state index >= 15 is 0 Å². The molecule has 0 saturated carbocycles. The number of aromatic nitrogens is 2. The molecule has 0 atom stereocenters. The molecule has 10 nitrogen and oxygen atoms in total. The van der Waals surface area contributed by atoms with Gasteiger partial charge in [0.1, 0.15) is 12.1 Å². The summed E-state index contributed by atoms with van der Waals surface area (Å²) in [7, 11) is 0. The first kappa shape index (κ1) is 26.6. The Labute approximate surface area is 228 Å². The third-order valence-electron chi connectivity index (χ3n) is 5.29. The number of nitrogens with zero attached hydrogens (tertiary/aromatic N) is 4. The van der Waals surface area contributed by atoms with Gasteiger partial charge < -0.3 is 9.64 Å². The molecule has 38 heavy (non-hydrogen) atoms. The van der Waals surface area contributed by atoms with Crippen molar-refractivity contribution in [3.8, 4) is 5.75 Å². The first-order valence-electron chi connectivity index (χ1n) is 11.4. The van der Waals surface area contributed by atoms with Gasteiger partial charge in [0.05, 0.1) is 9.95 Å². The summed E-state index contributed by atoms with van der Waals surface area (Å²) in [5, 5.41) is 12.8. The lowest BCUT2D eigenvalue weighted by atomic mass is 10.1. The SMILES string of the molecule is O=C(COc1ccc(Cl)cc1Cl)NNc1ncnc(N(Cc2ccccc2)Cc2ccccc2)c1[N+](=O)[O-]. The molecule has 0 unspecified atom stereocenters. The summed E-state index contributed by atoms with van der Waals surface area (Å²) in [4.78, 5) is 34.0. The molecule has 0 spiro atoms. The van der Waals surface area contributed by atoms with Crippen molar-refractivity contribution < 1.29 is 14.5 Å². The molecule has 12 heteroatoms. The molecular weight excluding hydrogens is 531 g/mol. The Morgan fingerprint density at radius 1 is 0.947 bits per heavy atom. The maximum absolute atomic E-state index is 12.4. The molecule has 1 aromatic heterocycles. The van der Waals surface area contributed by atoms with E-state index in [2.05, 4.69) is 20.8 Å². The number of benzene rings is 3. The topological polar surface area (TPSA) is 123 Å². The highest BCUT2D eigenvalue weighted by Gasteiger charge is 2.28. The lowest BCUT2D eigenvalue weighted by Gasteiger charge is -2.24. The predicted octanol–water partition coefficient (Wildman–Crippen LogP) is 5.42. The van der Waals surface area contributed by atoms with Gasteiger partial charge in [-0.1, -0.05) is 83.9 Å². The number of hydrogen-bond donors (Lipinski definition) is 2. The van der Waals surface area contributed by atoms with Gasteiger partial charge >= 0.3 is 5.69 Å². The van der Waals surface area contributed by atoms with Crippen LogP contribution in [0.2, 0.25) is 10.0 Å². The number of ether oxygens (including phenoxy) is 1. The summed E-state index contributed by atoms with van der Waals surface area (Å²) in [6.07, 6.45) is 1.20. The quantitative estimate of drug-likeness (QED) is 0.187. The smallest absolute Gasteiger partial charge is 0.355 e. The van der Waals surface area contributed by atoms with Gasteiger partial charge in [0.25, 0.3) is 5.91 Å². The van der Waals surface area contributed by atoms with Crippen LogP contribution in [0.15, 0.2) is 85.2 Å². The van der Waals surface area contributed by atoms with Crippen molar-refractivity contribution in [1.29, 1.82) is 0 Å². The van der Waals surface area contributed by atoms with Crippen LogP contribution in [0, 0.1) is 10.1 Å². The molecule has 4 aromatic rings. The summed E-state index contributed by atoms with van der Waals surface area (Å²) in [6, 6.07) is 23.7. The maximum Gasteiger partial charge on any atom is 0.355 e. The lowest BCUT2D eigenvalue weighted by Crippen LogP contribution is -2.34. The number of anilines is 2. The van der Waals surface area contributed by atoms with E-state index in [-0.39, 0.29) is 28.1 Å². The summed E-state index contributed by atoms with van der Waals surface area (Å²) < 4.78 is 5.40. The number of hydrogen-bond acceptors (Lipinski definition) is 8. The highest BCUT2D eigenvalue weighted by atomic mass is 35.5. The van der Waals surface area contributed by atoms with Crippen LogP contribution in [0.4, 0.5) is 17.3 Å². The fraction of sp³-hybridized carbons (Fsp3) is 0.115. The minimum atomic E-state index is -0.615. The third kappa shape index (κ3) is 7.09. The number of halogens is 2. The largest absolute Gasteiger partial charge is 0.482 e. The predicted molar refractivity (Wildman–Crippen MR) is 145 cm³/mol.